The molecular formula is C11H20BrN3O2S. The minimum absolute atomic E-state index is 0.0525. The molecule has 1 aromatic rings. The number of aryl methyl sites for hydroxylation is 1. The number of hydrogen-bond acceptors (Lipinski definition) is 3. The molecule has 0 fully saturated rings. The van der Waals surface area contributed by atoms with Crippen LogP contribution in [0.3, 0.4) is 0 Å². The molecule has 0 aliphatic rings. The Balaban J connectivity index is 2.62. The Bertz CT molecular complexity index is 482. The van der Waals surface area contributed by atoms with E-state index in [1.165, 1.54) is 17.1 Å². The van der Waals surface area contributed by atoms with Gasteiger partial charge in [-0.2, -0.15) is 5.10 Å². The van der Waals surface area contributed by atoms with Crippen LogP contribution in [0.1, 0.15) is 26.7 Å². The molecule has 5 nitrogen and oxygen atoms in total. The van der Waals surface area contributed by atoms with E-state index in [9.17, 15) is 8.42 Å². The molecule has 1 aromatic heterocycles. The van der Waals surface area contributed by atoms with E-state index in [1.54, 1.807) is 7.05 Å². The van der Waals surface area contributed by atoms with E-state index >= 15 is 0 Å². The van der Waals surface area contributed by atoms with Gasteiger partial charge in [-0.05, 0) is 18.3 Å². The summed E-state index contributed by atoms with van der Waals surface area (Å²) in [5, 5.41) is 4.80. The molecule has 0 amide bonds. The lowest BCUT2D eigenvalue weighted by Crippen LogP contribution is -2.34. The van der Waals surface area contributed by atoms with Crippen LogP contribution in [0.4, 0.5) is 0 Å². The highest BCUT2D eigenvalue weighted by molar-refractivity contribution is 9.09. The average Bonchev–Trinajstić information content (AvgIpc) is 2.72. The summed E-state index contributed by atoms with van der Waals surface area (Å²) in [6, 6.07) is 0. The van der Waals surface area contributed by atoms with Crippen LogP contribution in [0.5, 0.6) is 0 Å². The van der Waals surface area contributed by atoms with Crippen molar-refractivity contribution in [2.24, 2.45) is 12.5 Å². The molecule has 18 heavy (non-hydrogen) atoms. The third kappa shape index (κ3) is 4.70. The summed E-state index contributed by atoms with van der Waals surface area (Å²) in [7, 11) is -1.75. The van der Waals surface area contributed by atoms with Crippen LogP contribution in [-0.4, -0.2) is 30.1 Å². The first-order chi connectivity index (χ1) is 8.27. The van der Waals surface area contributed by atoms with Crippen LogP contribution in [0.2, 0.25) is 0 Å². The summed E-state index contributed by atoms with van der Waals surface area (Å²) >= 11 is 3.38. The molecular weight excluding hydrogens is 318 g/mol. The van der Waals surface area contributed by atoms with Crippen molar-refractivity contribution in [2.75, 3.05) is 11.9 Å². The molecule has 1 heterocycles. The van der Waals surface area contributed by atoms with Gasteiger partial charge in [-0.3, -0.25) is 4.68 Å². The number of hydrogen-bond donors (Lipinski definition) is 1. The van der Waals surface area contributed by atoms with Crippen molar-refractivity contribution in [3.8, 4) is 0 Å². The van der Waals surface area contributed by atoms with Crippen molar-refractivity contribution in [3.63, 3.8) is 0 Å². The maximum Gasteiger partial charge on any atom is 0.243 e. The highest BCUT2D eigenvalue weighted by atomic mass is 79.9. The zero-order chi connectivity index (χ0) is 13.8. The van der Waals surface area contributed by atoms with Gasteiger partial charge in [-0.25, -0.2) is 13.1 Å². The smallest absolute Gasteiger partial charge is 0.243 e. The third-order valence-corrected chi connectivity index (χ3v) is 4.64. The molecule has 0 spiro atoms. The molecule has 0 bridgehead atoms. The summed E-state index contributed by atoms with van der Waals surface area (Å²) in [5.74, 6) is 0. The van der Waals surface area contributed by atoms with Gasteiger partial charge >= 0.3 is 0 Å². The largest absolute Gasteiger partial charge is 0.274 e. The summed E-state index contributed by atoms with van der Waals surface area (Å²) in [6.45, 7) is 4.54. The normalized spacial score (nSPS) is 12.9. The fourth-order valence-electron chi connectivity index (χ4n) is 1.55. The number of aromatic nitrogens is 2. The standard InChI is InChI=1S/C11H20BrN3O2S/c1-11(2,5-4-6-12)9-14-18(16,17)10-7-13-15(3)8-10/h7-8,14H,4-6,9H2,1-3H3. The summed E-state index contributed by atoms with van der Waals surface area (Å²) in [5.41, 5.74) is -0.0525. The fraction of sp³-hybridized carbons (Fsp3) is 0.727. The van der Waals surface area contributed by atoms with Crippen LogP contribution in [-0.2, 0) is 17.1 Å². The summed E-state index contributed by atoms with van der Waals surface area (Å²) in [4.78, 5) is 0.210. The second kappa shape index (κ2) is 6.16. The first-order valence-electron chi connectivity index (χ1n) is 5.81. The lowest BCUT2D eigenvalue weighted by atomic mass is 9.88. The molecule has 1 N–H and O–H groups in total. The van der Waals surface area contributed by atoms with Gasteiger partial charge in [0.1, 0.15) is 4.90 Å². The van der Waals surface area contributed by atoms with Gasteiger partial charge in [-0.1, -0.05) is 29.8 Å². The van der Waals surface area contributed by atoms with Crippen LogP contribution in [0.25, 0.3) is 0 Å². The maximum absolute atomic E-state index is 12.0. The molecule has 104 valence electrons. The van der Waals surface area contributed by atoms with Crippen molar-refractivity contribution in [3.05, 3.63) is 12.4 Å². The number of nitrogens with one attached hydrogen (secondary N) is 1. The van der Waals surface area contributed by atoms with Crippen molar-refractivity contribution in [1.29, 1.82) is 0 Å². The van der Waals surface area contributed by atoms with Crippen LogP contribution < -0.4 is 4.72 Å². The molecule has 0 radical (unpaired) electrons. The quantitative estimate of drug-likeness (QED) is 0.773. The Kier molecular flexibility index (Phi) is 5.36. The maximum atomic E-state index is 12.0. The lowest BCUT2D eigenvalue weighted by molar-refractivity contribution is 0.332. The molecule has 0 saturated carbocycles. The van der Waals surface area contributed by atoms with E-state index < -0.39 is 10.0 Å². The lowest BCUT2D eigenvalue weighted by Gasteiger charge is -2.24. The highest BCUT2D eigenvalue weighted by Crippen LogP contribution is 2.22. The van der Waals surface area contributed by atoms with E-state index in [4.69, 9.17) is 0 Å². The molecule has 7 heteroatoms. The van der Waals surface area contributed by atoms with E-state index in [-0.39, 0.29) is 10.3 Å². The predicted molar refractivity (Wildman–Crippen MR) is 75.2 cm³/mol. The minimum atomic E-state index is -3.44. The molecule has 0 aromatic carbocycles. The zero-order valence-electron chi connectivity index (χ0n) is 11.0. The predicted octanol–water partition coefficient (Wildman–Crippen LogP) is 1.90. The Morgan fingerprint density at radius 1 is 1.50 bits per heavy atom. The number of alkyl halides is 1. The molecule has 0 atom stereocenters. The Morgan fingerprint density at radius 2 is 2.17 bits per heavy atom. The Morgan fingerprint density at radius 3 is 2.67 bits per heavy atom. The SMILES string of the molecule is Cn1cc(S(=O)(=O)NCC(C)(C)CCCBr)cn1. The van der Waals surface area contributed by atoms with Gasteiger partial charge in [-0.15, -0.1) is 0 Å². The van der Waals surface area contributed by atoms with Crippen molar-refractivity contribution < 1.29 is 8.42 Å². The van der Waals surface area contributed by atoms with Crippen molar-refractivity contribution >= 4 is 26.0 Å². The van der Waals surface area contributed by atoms with E-state index in [2.05, 4.69) is 39.6 Å². The van der Waals surface area contributed by atoms with Crippen LogP contribution in [0.15, 0.2) is 17.3 Å². The van der Waals surface area contributed by atoms with E-state index in [0.29, 0.717) is 6.54 Å². The van der Waals surface area contributed by atoms with Crippen LogP contribution in [0, 0.1) is 5.41 Å². The van der Waals surface area contributed by atoms with Gasteiger partial charge in [0.2, 0.25) is 10.0 Å². The molecule has 0 aliphatic carbocycles. The molecule has 1 rings (SSSR count). The summed E-state index contributed by atoms with van der Waals surface area (Å²) in [6.07, 6.45) is 4.84. The molecule has 0 unspecified atom stereocenters. The number of sulfonamides is 1. The Labute approximate surface area is 117 Å². The van der Waals surface area contributed by atoms with Crippen LogP contribution >= 0.6 is 15.9 Å². The van der Waals surface area contributed by atoms with Crippen molar-refractivity contribution in [2.45, 2.75) is 31.6 Å². The van der Waals surface area contributed by atoms with Gasteiger partial charge < -0.3 is 0 Å². The average molecular weight is 338 g/mol. The fourth-order valence-corrected chi connectivity index (χ4v) is 3.05. The minimum Gasteiger partial charge on any atom is -0.274 e. The number of nitrogens with zero attached hydrogens (tertiary/aromatic N) is 2. The highest BCUT2D eigenvalue weighted by Gasteiger charge is 2.22. The third-order valence-electron chi connectivity index (χ3n) is 2.72. The number of rotatable bonds is 7. The second-order valence-electron chi connectivity index (χ2n) is 5.13. The monoisotopic (exact) mass is 337 g/mol. The van der Waals surface area contributed by atoms with Gasteiger partial charge in [0.05, 0.1) is 6.20 Å². The number of halogens is 1. The van der Waals surface area contributed by atoms with Gasteiger partial charge in [0.25, 0.3) is 0 Å². The van der Waals surface area contributed by atoms with Gasteiger partial charge in [0.15, 0.2) is 0 Å². The Hall–Kier alpha value is -0.400. The second-order valence-corrected chi connectivity index (χ2v) is 7.69. The molecule has 0 aliphatic heterocycles. The first kappa shape index (κ1) is 15.7. The molecule has 0 saturated heterocycles. The summed E-state index contributed by atoms with van der Waals surface area (Å²) < 4.78 is 28.1. The first-order valence-corrected chi connectivity index (χ1v) is 8.42. The topological polar surface area (TPSA) is 64.0 Å². The van der Waals surface area contributed by atoms with E-state index in [1.807, 2.05) is 0 Å². The zero-order valence-corrected chi connectivity index (χ0v) is 13.4. The van der Waals surface area contributed by atoms with Crippen molar-refractivity contribution in [1.82, 2.24) is 14.5 Å². The van der Waals surface area contributed by atoms with Gasteiger partial charge in [0, 0.05) is 25.1 Å². The van der Waals surface area contributed by atoms with E-state index in [0.717, 1.165) is 18.2 Å².